The summed E-state index contributed by atoms with van der Waals surface area (Å²) >= 11 is 0. The molecule has 0 unspecified atom stereocenters. The fraction of sp³-hybridized carbons (Fsp3) is 0.370. The van der Waals surface area contributed by atoms with E-state index >= 15 is 0 Å². The summed E-state index contributed by atoms with van der Waals surface area (Å²) in [6, 6.07) is 19.4. The zero-order chi connectivity index (χ0) is 22.5. The van der Waals surface area contributed by atoms with E-state index in [1.54, 1.807) is 0 Å². The molecule has 3 heterocycles. The highest BCUT2D eigenvalue weighted by atomic mass is 16.2. The van der Waals surface area contributed by atoms with E-state index in [4.69, 9.17) is 9.98 Å². The van der Waals surface area contributed by atoms with Crippen LogP contribution < -0.4 is 4.90 Å². The number of aromatic nitrogens is 2. The molecule has 0 N–H and O–H groups in total. The van der Waals surface area contributed by atoms with Gasteiger partial charge in [-0.15, -0.1) is 0 Å². The molecule has 2 aromatic carbocycles. The first-order valence-corrected chi connectivity index (χ1v) is 12.0. The van der Waals surface area contributed by atoms with Crippen LogP contribution in [0.3, 0.4) is 0 Å². The van der Waals surface area contributed by atoms with Crippen molar-refractivity contribution in [3.05, 3.63) is 82.8 Å². The van der Waals surface area contributed by atoms with Crippen LogP contribution in [0.4, 0.5) is 5.82 Å². The number of carbonyl (C=O) groups is 1. The van der Waals surface area contributed by atoms with Crippen molar-refractivity contribution in [1.82, 2.24) is 14.5 Å². The molecular weight excluding hydrogens is 410 g/mol. The number of guanidine groups is 1. The van der Waals surface area contributed by atoms with Crippen LogP contribution in [-0.4, -0.2) is 44.9 Å². The molecule has 6 rings (SSSR count). The predicted octanol–water partition coefficient (Wildman–Crippen LogP) is 4.40. The number of fused-ring (bicyclic) bond motifs is 5. The summed E-state index contributed by atoms with van der Waals surface area (Å²) in [7, 11) is 0. The lowest BCUT2D eigenvalue weighted by atomic mass is 10.1. The number of hydrogen-bond acceptors (Lipinski definition) is 4. The first kappa shape index (κ1) is 20.2. The van der Waals surface area contributed by atoms with Crippen LogP contribution in [0.2, 0.25) is 0 Å². The number of nitrogens with zero attached hydrogens (tertiary/aromatic N) is 5. The maximum Gasteiger partial charge on any atom is 0.281 e. The normalized spacial score (nSPS) is 21.2. The van der Waals surface area contributed by atoms with Gasteiger partial charge in [-0.1, -0.05) is 54.6 Å². The number of benzene rings is 2. The van der Waals surface area contributed by atoms with Crippen LogP contribution in [0.25, 0.3) is 0 Å². The Hall–Kier alpha value is -3.41. The highest BCUT2D eigenvalue weighted by molar-refractivity contribution is 6.18. The van der Waals surface area contributed by atoms with Crippen molar-refractivity contribution in [2.24, 2.45) is 4.99 Å². The van der Waals surface area contributed by atoms with E-state index in [-0.39, 0.29) is 11.9 Å². The lowest BCUT2D eigenvalue weighted by Gasteiger charge is -2.35. The fourth-order valence-electron chi connectivity index (χ4n) is 5.59. The summed E-state index contributed by atoms with van der Waals surface area (Å²) in [4.78, 5) is 28.1. The van der Waals surface area contributed by atoms with Crippen molar-refractivity contribution >= 4 is 17.7 Å². The largest absolute Gasteiger partial charge is 0.317 e. The van der Waals surface area contributed by atoms with E-state index in [9.17, 15) is 4.79 Å². The molecule has 0 bridgehead atoms. The molecule has 3 aromatic rings. The van der Waals surface area contributed by atoms with Crippen molar-refractivity contribution < 1.29 is 4.79 Å². The van der Waals surface area contributed by atoms with E-state index in [0.29, 0.717) is 31.2 Å². The van der Waals surface area contributed by atoms with Gasteiger partial charge in [0.05, 0.1) is 12.1 Å². The first-order chi connectivity index (χ1) is 16.2. The van der Waals surface area contributed by atoms with Gasteiger partial charge < -0.3 is 4.57 Å². The highest BCUT2D eigenvalue weighted by Crippen LogP contribution is 2.41. The first-order valence-electron chi connectivity index (χ1n) is 12.0. The molecule has 6 heteroatoms. The van der Waals surface area contributed by atoms with Gasteiger partial charge in [0.25, 0.3) is 5.91 Å². The molecule has 2 atom stereocenters. The molecule has 33 heavy (non-hydrogen) atoms. The van der Waals surface area contributed by atoms with Gasteiger partial charge in [0.1, 0.15) is 5.82 Å². The van der Waals surface area contributed by atoms with E-state index in [1.807, 2.05) is 17.9 Å². The van der Waals surface area contributed by atoms with Crippen LogP contribution in [0, 0.1) is 6.92 Å². The second-order valence-corrected chi connectivity index (χ2v) is 9.29. The Labute approximate surface area is 194 Å². The zero-order valence-corrected chi connectivity index (χ0v) is 19.2. The molecule has 2 aliphatic heterocycles. The Morgan fingerprint density at radius 1 is 1.03 bits per heavy atom. The molecule has 1 aromatic heterocycles. The maximum atomic E-state index is 13.8. The molecule has 1 aliphatic carbocycles. The molecule has 0 saturated heterocycles. The molecule has 168 valence electrons. The van der Waals surface area contributed by atoms with Crippen LogP contribution in [0.15, 0.2) is 59.6 Å². The van der Waals surface area contributed by atoms with Crippen LogP contribution >= 0.6 is 0 Å². The van der Waals surface area contributed by atoms with Crippen molar-refractivity contribution in [3.8, 4) is 0 Å². The van der Waals surface area contributed by atoms with Crippen molar-refractivity contribution in [2.75, 3.05) is 11.4 Å². The predicted molar refractivity (Wildman–Crippen MR) is 130 cm³/mol. The van der Waals surface area contributed by atoms with Crippen molar-refractivity contribution in [1.29, 1.82) is 0 Å². The average molecular weight is 440 g/mol. The van der Waals surface area contributed by atoms with E-state index in [2.05, 4.69) is 64.9 Å². The van der Waals surface area contributed by atoms with Gasteiger partial charge in [0, 0.05) is 19.5 Å². The van der Waals surface area contributed by atoms with E-state index < -0.39 is 0 Å². The lowest BCUT2D eigenvalue weighted by molar-refractivity contribution is 0.0835. The van der Waals surface area contributed by atoms with Gasteiger partial charge in [0.2, 0.25) is 5.96 Å². The van der Waals surface area contributed by atoms with E-state index in [1.165, 1.54) is 23.1 Å². The molecule has 0 spiro atoms. The number of carbonyl (C=O) groups excluding carboxylic acids is 1. The summed E-state index contributed by atoms with van der Waals surface area (Å²) in [5.74, 6) is 2.55. The topological polar surface area (TPSA) is 53.7 Å². The number of amides is 1. The van der Waals surface area contributed by atoms with Gasteiger partial charge in [-0.3, -0.25) is 14.6 Å². The quantitative estimate of drug-likeness (QED) is 0.592. The third-order valence-electron chi connectivity index (χ3n) is 7.33. The monoisotopic (exact) mass is 439 g/mol. The minimum atomic E-state index is 0.0165. The Balaban J connectivity index is 1.52. The summed E-state index contributed by atoms with van der Waals surface area (Å²) in [5, 5.41) is 0. The van der Waals surface area contributed by atoms with Crippen molar-refractivity contribution in [3.63, 3.8) is 0 Å². The number of aliphatic imine (C=N–C) groups is 1. The second-order valence-electron chi connectivity index (χ2n) is 9.29. The van der Waals surface area contributed by atoms with Crippen LogP contribution in [-0.2, 0) is 13.0 Å². The molecular formula is C27H29N5O. The number of imidazole rings is 1. The molecule has 1 amide bonds. The average Bonchev–Trinajstić information content (AvgIpc) is 3.50. The second kappa shape index (κ2) is 7.87. The molecule has 0 radical (unpaired) electrons. The van der Waals surface area contributed by atoms with Gasteiger partial charge in [-0.05, 0) is 49.8 Å². The minimum absolute atomic E-state index is 0.0165. The minimum Gasteiger partial charge on any atom is -0.317 e. The third kappa shape index (κ3) is 3.19. The number of hydrogen-bond donors (Lipinski definition) is 0. The summed E-state index contributed by atoms with van der Waals surface area (Å²) in [5.41, 5.74) is 4.33. The van der Waals surface area contributed by atoms with E-state index in [0.717, 1.165) is 30.4 Å². The molecule has 6 nitrogen and oxygen atoms in total. The Morgan fingerprint density at radius 2 is 1.82 bits per heavy atom. The van der Waals surface area contributed by atoms with Crippen LogP contribution in [0.1, 0.15) is 59.2 Å². The molecule has 1 saturated carbocycles. The van der Waals surface area contributed by atoms with Gasteiger partial charge in [-0.25, -0.2) is 9.98 Å². The van der Waals surface area contributed by atoms with Gasteiger partial charge in [0.15, 0.2) is 11.5 Å². The number of rotatable bonds is 5. The third-order valence-corrected chi connectivity index (χ3v) is 7.33. The smallest absolute Gasteiger partial charge is 0.281 e. The Morgan fingerprint density at radius 3 is 2.61 bits per heavy atom. The molecule has 3 aliphatic rings. The number of aryl methyl sites for hydroxylation is 1. The maximum absolute atomic E-state index is 13.8. The SMILES string of the molecule is CCN1C(=O)c2c(nc(Cc3ccccc3)n2Cc2ccccc2C)N2C1=N[C@@H]1CCC[C@@H]12. The Bertz CT molecular complexity index is 1240. The zero-order valence-electron chi connectivity index (χ0n) is 19.2. The van der Waals surface area contributed by atoms with Crippen molar-refractivity contribution in [2.45, 2.75) is 58.2 Å². The lowest BCUT2D eigenvalue weighted by Crippen LogP contribution is -2.53. The fourth-order valence-corrected chi connectivity index (χ4v) is 5.59. The summed E-state index contributed by atoms with van der Waals surface area (Å²) in [6.45, 7) is 5.40. The summed E-state index contributed by atoms with van der Waals surface area (Å²) in [6.07, 6.45) is 4.06. The number of anilines is 1. The van der Waals surface area contributed by atoms with Crippen LogP contribution in [0.5, 0.6) is 0 Å². The summed E-state index contributed by atoms with van der Waals surface area (Å²) < 4.78 is 2.16. The van der Waals surface area contributed by atoms with Gasteiger partial charge in [-0.2, -0.15) is 0 Å². The standard InChI is InChI=1S/C27H29N5O/c1-3-30-26(33)24-25(32-22-15-9-14-21(22)28-27(30)32)29-23(16-19-11-5-4-6-12-19)31(24)17-20-13-8-7-10-18(20)2/h4-8,10-13,21-22H,3,9,14-17H2,1-2H3/t21-,22+/m1/s1. The molecule has 1 fully saturated rings. The Kier molecular flexibility index (Phi) is 4.82. The van der Waals surface area contributed by atoms with Gasteiger partial charge >= 0.3 is 0 Å². The highest BCUT2D eigenvalue weighted by Gasteiger charge is 2.49.